The van der Waals surface area contributed by atoms with Gasteiger partial charge in [-0.3, -0.25) is 0 Å². The van der Waals surface area contributed by atoms with Crippen LogP contribution in [0.4, 0.5) is 5.82 Å². The predicted octanol–water partition coefficient (Wildman–Crippen LogP) is 2.18. The van der Waals surface area contributed by atoms with Crippen molar-refractivity contribution in [3.05, 3.63) is 30.3 Å². The van der Waals surface area contributed by atoms with Gasteiger partial charge in [0.05, 0.1) is 7.11 Å². The largest absolute Gasteiger partial charge is 0.494 e. The smallest absolute Gasteiger partial charge is 0.147 e. The lowest BCUT2D eigenvalue weighted by Crippen LogP contribution is -2.01. The zero-order valence-electron chi connectivity index (χ0n) is 9.18. The number of benzene rings is 1. The van der Waals surface area contributed by atoms with Gasteiger partial charge in [-0.1, -0.05) is 12.1 Å². The van der Waals surface area contributed by atoms with Crippen LogP contribution in [0.2, 0.25) is 0 Å². The van der Waals surface area contributed by atoms with Crippen molar-refractivity contribution >= 4 is 17.6 Å². The Morgan fingerprint density at radius 3 is 2.81 bits per heavy atom. The number of anilines is 1. The summed E-state index contributed by atoms with van der Waals surface area (Å²) < 4.78 is 7.09. The molecule has 0 bridgehead atoms. The van der Waals surface area contributed by atoms with E-state index >= 15 is 0 Å². The number of methoxy groups -OCH3 is 1. The fraction of sp³-hybridized carbons (Fsp3) is 0.182. The molecule has 0 atom stereocenters. The van der Waals surface area contributed by atoms with Crippen molar-refractivity contribution in [1.82, 2.24) is 9.78 Å². The summed E-state index contributed by atoms with van der Waals surface area (Å²) in [5.74, 6) is 1.29. The van der Waals surface area contributed by atoms with Gasteiger partial charge in [0, 0.05) is 6.07 Å². The van der Waals surface area contributed by atoms with Crippen molar-refractivity contribution in [3.63, 3.8) is 0 Å². The van der Waals surface area contributed by atoms with Crippen LogP contribution in [0.25, 0.3) is 5.69 Å². The average Bonchev–Trinajstić information content (AvgIpc) is 2.70. The Bertz CT molecular complexity index is 496. The van der Waals surface area contributed by atoms with Crippen molar-refractivity contribution in [1.29, 1.82) is 0 Å². The van der Waals surface area contributed by atoms with Crippen molar-refractivity contribution in [2.45, 2.75) is 5.03 Å². The highest BCUT2D eigenvalue weighted by Gasteiger charge is 2.10. The summed E-state index contributed by atoms with van der Waals surface area (Å²) in [7, 11) is 1.64. The Labute approximate surface area is 98.4 Å². The second-order valence-corrected chi connectivity index (χ2v) is 4.02. The van der Waals surface area contributed by atoms with Crippen molar-refractivity contribution in [2.24, 2.45) is 0 Å². The fourth-order valence-electron chi connectivity index (χ4n) is 1.50. The number of aromatic nitrogens is 2. The van der Waals surface area contributed by atoms with E-state index in [0.717, 1.165) is 16.5 Å². The molecule has 0 spiro atoms. The number of thioether (sulfide) groups is 1. The molecule has 1 aromatic carbocycles. The molecule has 0 saturated carbocycles. The minimum atomic E-state index is 0.509. The summed E-state index contributed by atoms with van der Waals surface area (Å²) in [6.07, 6.45) is 1.99. The minimum Gasteiger partial charge on any atom is -0.494 e. The van der Waals surface area contributed by atoms with Crippen LogP contribution < -0.4 is 10.5 Å². The van der Waals surface area contributed by atoms with Crippen LogP contribution in [0.15, 0.2) is 35.4 Å². The Balaban J connectivity index is 2.57. The first-order valence-corrected chi connectivity index (χ1v) is 6.01. The van der Waals surface area contributed by atoms with Crippen LogP contribution in [0.1, 0.15) is 0 Å². The summed E-state index contributed by atoms with van der Waals surface area (Å²) in [5, 5.41) is 5.24. The number of nitrogen functional groups attached to an aromatic ring is 1. The van der Waals surface area contributed by atoms with Gasteiger partial charge < -0.3 is 10.5 Å². The highest BCUT2D eigenvalue weighted by Crippen LogP contribution is 2.27. The van der Waals surface area contributed by atoms with Gasteiger partial charge in [-0.15, -0.1) is 16.9 Å². The van der Waals surface area contributed by atoms with E-state index in [1.807, 2.05) is 36.6 Å². The molecule has 4 nitrogen and oxygen atoms in total. The van der Waals surface area contributed by atoms with Crippen molar-refractivity contribution < 1.29 is 4.74 Å². The zero-order chi connectivity index (χ0) is 11.5. The molecule has 0 aliphatic carbocycles. The van der Waals surface area contributed by atoms with E-state index in [-0.39, 0.29) is 0 Å². The Hall–Kier alpha value is -1.62. The van der Waals surface area contributed by atoms with Crippen LogP contribution >= 0.6 is 11.8 Å². The Morgan fingerprint density at radius 2 is 2.12 bits per heavy atom. The molecule has 2 N–H and O–H groups in total. The second-order valence-electron chi connectivity index (χ2n) is 3.20. The van der Waals surface area contributed by atoms with Crippen LogP contribution in [0.3, 0.4) is 0 Å². The van der Waals surface area contributed by atoms with Gasteiger partial charge in [0.1, 0.15) is 22.3 Å². The first-order valence-electron chi connectivity index (χ1n) is 4.79. The third-order valence-electron chi connectivity index (χ3n) is 2.22. The Kier molecular flexibility index (Phi) is 3.05. The van der Waals surface area contributed by atoms with Crippen molar-refractivity contribution in [2.75, 3.05) is 19.1 Å². The molecule has 0 unspecified atom stereocenters. The molecular formula is C11H13N3OS. The third-order valence-corrected chi connectivity index (χ3v) is 2.93. The normalized spacial score (nSPS) is 10.4. The molecule has 16 heavy (non-hydrogen) atoms. The van der Waals surface area contributed by atoms with Gasteiger partial charge in [-0.05, 0) is 18.4 Å². The molecule has 1 aromatic heterocycles. The Morgan fingerprint density at radius 1 is 1.38 bits per heavy atom. The molecule has 84 valence electrons. The highest BCUT2D eigenvalue weighted by atomic mass is 32.2. The maximum absolute atomic E-state index is 5.70. The van der Waals surface area contributed by atoms with Crippen molar-refractivity contribution in [3.8, 4) is 11.4 Å². The van der Waals surface area contributed by atoms with Crippen LogP contribution in [0, 0.1) is 0 Å². The van der Waals surface area contributed by atoms with Crippen LogP contribution in [-0.4, -0.2) is 23.1 Å². The molecule has 5 heteroatoms. The summed E-state index contributed by atoms with van der Waals surface area (Å²) in [6.45, 7) is 0. The van der Waals surface area contributed by atoms with E-state index in [2.05, 4.69) is 5.10 Å². The SMILES string of the molecule is COc1ccccc1-n1nc(N)cc1SC. The summed E-state index contributed by atoms with van der Waals surface area (Å²) in [4.78, 5) is 0. The molecular weight excluding hydrogens is 222 g/mol. The van der Waals surface area contributed by atoms with Gasteiger partial charge >= 0.3 is 0 Å². The van der Waals surface area contributed by atoms with Gasteiger partial charge in [-0.2, -0.15) is 0 Å². The quantitative estimate of drug-likeness (QED) is 0.828. The van der Waals surface area contributed by atoms with E-state index in [1.165, 1.54) is 0 Å². The lowest BCUT2D eigenvalue weighted by Gasteiger charge is -2.09. The van der Waals surface area contributed by atoms with Crippen LogP contribution in [0.5, 0.6) is 5.75 Å². The number of hydrogen-bond acceptors (Lipinski definition) is 4. The number of nitrogens with two attached hydrogens (primary N) is 1. The molecule has 2 aromatic rings. The topological polar surface area (TPSA) is 53.1 Å². The lowest BCUT2D eigenvalue weighted by atomic mass is 10.3. The molecule has 2 rings (SSSR count). The van der Waals surface area contributed by atoms with E-state index in [4.69, 9.17) is 10.5 Å². The molecule has 0 radical (unpaired) electrons. The van der Waals surface area contributed by atoms with Gasteiger partial charge in [0.2, 0.25) is 0 Å². The molecule has 0 aliphatic heterocycles. The van der Waals surface area contributed by atoms with E-state index in [0.29, 0.717) is 5.82 Å². The first-order chi connectivity index (χ1) is 7.76. The summed E-state index contributed by atoms with van der Waals surface area (Å²) in [5.41, 5.74) is 6.59. The first kappa shape index (κ1) is 10.9. The van der Waals surface area contributed by atoms with Crippen LogP contribution in [-0.2, 0) is 0 Å². The monoisotopic (exact) mass is 235 g/mol. The average molecular weight is 235 g/mol. The minimum absolute atomic E-state index is 0.509. The third kappa shape index (κ3) is 1.86. The molecule has 0 saturated heterocycles. The number of rotatable bonds is 3. The predicted molar refractivity (Wildman–Crippen MR) is 66.3 cm³/mol. The van der Waals surface area contributed by atoms with Gasteiger partial charge in [-0.25, -0.2) is 4.68 Å². The molecule has 1 heterocycles. The van der Waals surface area contributed by atoms with Gasteiger partial charge in [0.15, 0.2) is 0 Å². The number of ether oxygens (including phenoxy) is 1. The molecule has 0 aliphatic rings. The number of nitrogens with zero attached hydrogens (tertiary/aromatic N) is 2. The standard InChI is InChI=1S/C11H13N3OS/c1-15-9-6-4-3-5-8(9)14-11(16-2)7-10(12)13-14/h3-7H,1-2H3,(H2,12,13). The van der Waals surface area contributed by atoms with Gasteiger partial charge in [0.25, 0.3) is 0 Å². The summed E-state index contributed by atoms with van der Waals surface area (Å²) in [6, 6.07) is 9.56. The maximum Gasteiger partial charge on any atom is 0.147 e. The lowest BCUT2D eigenvalue weighted by molar-refractivity contribution is 0.411. The van der Waals surface area contributed by atoms with E-state index in [9.17, 15) is 0 Å². The fourth-order valence-corrected chi connectivity index (χ4v) is 2.05. The second kappa shape index (κ2) is 4.49. The number of hydrogen-bond donors (Lipinski definition) is 1. The highest BCUT2D eigenvalue weighted by molar-refractivity contribution is 7.98. The number of para-hydroxylation sites is 2. The zero-order valence-corrected chi connectivity index (χ0v) is 9.99. The van der Waals surface area contributed by atoms with E-state index in [1.54, 1.807) is 23.6 Å². The maximum atomic E-state index is 5.70. The molecule has 0 amide bonds. The summed E-state index contributed by atoms with van der Waals surface area (Å²) >= 11 is 1.60. The molecule has 0 fully saturated rings. The van der Waals surface area contributed by atoms with E-state index < -0.39 is 0 Å².